The molecule has 1 aromatic rings. The molecule has 5 heteroatoms. The van der Waals surface area contributed by atoms with E-state index in [0.29, 0.717) is 29.5 Å². The van der Waals surface area contributed by atoms with E-state index in [1.54, 1.807) is 25.3 Å². The Morgan fingerprint density at radius 3 is 2.76 bits per heavy atom. The Balaban J connectivity index is 2.07. The van der Waals surface area contributed by atoms with Gasteiger partial charge < -0.3 is 15.4 Å². The third kappa shape index (κ3) is 4.34. The summed E-state index contributed by atoms with van der Waals surface area (Å²) in [6.45, 7) is 1.44. The molecule has 2 rings (SSSR count). The summed E-state index contributed by atoms with van der Waals surface area (Å²) in [5.74, 6) is 0.673. The number of ether oxygens (including phenoxy) is 1. The molecular formula is C16H20N2O3. The van der Waals surface area contributed by atoms with E-state index in [1.807, 2.05) is 0 Å². The maximum atomic E-state index is 12.1. The van der Waals surface area contributed by atoms with Gasteiger partial charge in [-0.25, -0.2) is 0 Å². The number of benzene rings is 1. The van der Waals surface area contributed by atoms with Gasteiger partial charge in [0.05, 0.1) is 12.8 Å². The van der Waals surface area contributed by atoms with Crippen molar-refractivity contribution in [2.24, 2.45) is 5.92 Å². The zero-order chi connectivity index (χ0) is 15.2. The SMILES string of the molecule is COc1ccc(NC(C)=O)cc1NC(=O)CC1C=CCC1. The summed E-state index contributed by atoms with van der Waals surface area (Å²) in [4.78, 5) is 23.2. The molecule has 1 atom stereocenters. The standard InChI is InChI=1S/C16H20N2O3/c1-11(19)17-13-7-8-15(21-2)14(10-13)18-16(20)9-12-5-3-4-6-12/h3,5,7-8,10,12H,4,6,9H2,1-2H3,(H,17,19)(H,18,20). The molecule has 0 saturated heterocycles. The van der Waals surface area contributed by atoms with Gasteiger partial charge >= 0.3 is 0 Å². The fraction of sp³-hybridized carbons (Fsp3) is 0.375. The number of hydrogen-bond donors (Lipinski definition) is 2. The Hall–Kier alpha value is -2.30. The van der Waals surface area contributed by atoms with E-state index in [0.717, 1.165) is 12.8 Å². The number of allylic oxidation sites excluding steroid dienone is 2. The van der Waals surface area contributed by atoms with E-state index >= 15 is 0 Å². The Bertz CT molecular complexity index is 567. The summed E-state index contributed by atoms with van der Waals surface area (Å²) in [6, 6.07) is 5.15. The normalized spacial score (nSPS) is 16.6. The zero-order valence-electron chi connectivity index (χ0n) is 12.3. The zero-order valence-corrected chi connectivity index (χ0v) is 12.3. The van der Waals surface area contributed by atoms with Gasteiger partial charge in [-0.1, -0.05) is 12.2 Å². The highest BCUT2D eigenvalue weighted by Gasteiger charge is 2.15. The van der Waals surface area contributed by atoms with Crippen LogP contribution in [-0.4, -0.2) is 18.9 Å². The van der Waals surface area contributed by atoms with Gasteiger partial charge in [0, 0.05) is 19.0 Å². The molecule has 2 N–H and O–H groups in total. The average Bonchev–Trinajstić information content (AvgIpc) is 2.91. The van der Waals surface area contributed by atoms with Gasteiger partial charge in [0.1, 0.15) is 5.75 Å². The smallest absolute Gasteiger partial charge is 0.225 e. The van der Waals surface area contributed by atoms with Gasteiger partial charge in [-0.3, -0.25) is 9.59 Å². The number of anilines is 2. The highest BCUT2D eigenvalue weighted by molar-refractivity contribution is 5.95. The molecule has 1 unspecified atom stereocenters. The molecule has 0 saturated carbocycles. The van der Waals surface area contributed by atoms with Gasteiger partial charge in [0.25, 0.3) is 0 Å². The van der Waals surface area contributed by atoms with Crippen molar-refractivity contribution >= 4 is 23.2 Å². The van der Waals surface area contributed by atoms with E-state index in [9.17, 15) is 9.59 Å². The molecule has 5 nitrogen and oxygen atoms in total. The first-order valence-electron chi connectivity index (χ1n) is 7.00. The lowest BCUT2D eigenvalue weighted by atomic mass is 10.0. The van der Waals surface area contributed by atoms with Crippen LogP contribution in [0.1, 0.15) is 26.2 Å². The van der Waals surface area contributed by atoms with Crippen molar-refractivity contribution in [3.63, 3.8) is 0 Å². The lowest BCUT2D eigenvalue weighted by Crippen LogP contribution is -2.16. The van der Waals surface area contributed by atoms with Gasteiger partial charge in [-0.05, 0) is 37.0 Å². The van der Waals surface area contributed by atoms with Crippen molar-refractivity contribution in [3.8, 4) is 5.75 Å². The highest BCUT2D eigenvalue weighted by Crippen LogP contribution is 2.29. The van der Waals surface area contributed by atoms with E-state index in [2.05, 4.69) is 22.8 Å². The molecule has 0 aromatic heterocycles. The summed E-state index contributed by atoms with van der Waals surface area (Å²) in [5.41, 5.74) is 1.19. The third-order valence-electron chi connectivity index (χ3n) is 3.35. The molecule has 112 valence electrons. The maximum absolute atomic E-state index is 12.1. The summed E-state index contributed by atoms with van der Waals surface area (Å²) in [6.07, 6.45) is 6.72. The number of carbonyl (C=O) groups excluding carboxylic acids is 2. The van der Waals surface area contributed by atoms with E-state index < -0.39 is 0 Å². The number of methoxy groups -OCH3 is 1. The largest absolute Gasteiger partial charge is 0.495 e. The summed E-state index contributed by atoms with van der Waals surface area (Å²) in [5, 5.41) is 5.54. The quantitative estimate of drug-likeness (QED) is 0.819. The summed E-state index contributed by atoms with van der Waals surface area (Å²) >= 11 is 0. The number of carbonyl (C=O) groups is 2. The second-order valence-corrected chi connectivity index (χ2v) is 5.11. The van der Waals surface area contributed by atoms with Crippen LogP contribution in [-0.2, 0) is 9.59 Å². The van der Waals surface area contributed by atoms with Crippen molar-refractivity contribution in [1.29, 1.82) is 0 Å². The van der Waals surface area contributed by atoms with Crippen LogP contribution in [0, 0.1) is 5.92 Å². The number of hydrogen-bond acceptors (Lipinski definition) is 3. The predicted molar refractivity (Wildman–Crippen MR) is 82.4 cm³/mol. The molecule has 0 radical (unpaired) electrons. The van der Waals surface area contributed by atoms with E-state index in [4.69, 9.17) is 4.74 Å². The first-order valence-corrected chi connectivity index (χ1v) is 7.00. The van der Waals surface area contributed by atoms with Crippen LogP contribution in [0.25, 0.3) is 0 Å². The fourth-order valence-corrected chi connectivity index (χ4v) is 2.39. The first kappa shape index (κ1) is 15.1. The van der Waals surface area contributed by atoms with Crippen molar-refractivity contribution in [2.75, 3.05) is 17.7 Å². The highest BCUT2D eigenvalue weighted by atomic mass is 16.5. The number of nitrogens with one attached hydrogen (secondary N) is 2. The Labute approximate surface area is 124 Å². The van der Waals surface area contributed by atoms with Crippen LogP contribution >= 0.6 is 0 Å². The lowest BCUT2D eigenvalue weighted by Gasteiger charge is -2.13. The number of amides is 2. The molecule has 1 aromatic carbocycles. The van der Waals surface area contributed by atoms with Crippen molar-refractivity contribution < 1.29 is 14.3 Å². The van der Waals surface area contributed by atoms with Crippen molar-refractivity contribution in [2.45, 2.75) is 26.2 Å². The lowest BCUT2D eigenvalue weighted by molar-refractivity contribution is -0.117. The van der Waals surface area contributed by atoms with Gasteiger partial charge in [0.15, 0.2) is 0 Å². The summed E-state index contributed by atoms with van der Waals surface area (Å²) < 4.78 is 5.23. The topological polar surface area (TPSA) is 67.4 Å². The summed E-state index contributed by atoms with van der Waals surface area (Å²) in [7, 11) is 1.54. The Kier molecular flexibility index (Phi) is 4.98. The van der Waals surface area contributed by atoms with Crippen LogP contribution in [0.5, 0.6) is 5.75 Å². The third-order valence-corrected chi connectivity index (χ3v) is 3.35. The van der Waals surface area contributed by atoms with Crippen LogP contribution in [0.2, 0.25) is 0 Å². The van der Waals surface area contributed by atoms with Crippen LogP contribution < -0.4 is 15.4 Å². The molecule has 0 spiro atoms. The minimum Gasteiger partial charge on any atom is -0.495 e. The molecule has 2 amide bonds. The van der Waals surface area contributed by atoms with Gasteiger partial charge in [-0.15, -0.1) is 0 Å². The molecule has 0 bridgehead atoms. The minimum absolute atomic E-state index is 0.0511. The van der Waals surface area contributed by atoms with Crippen molar-refractivity contribution in [3.05, 3.63) is 30.4 Å². The molecular weight excluding hydrogens is 268 g/mol. The molecule has 0 heterocycles. The maximum Gasteiger partial charge on any atom is 0.225 e. The predicted octanol–water partition coefficient (Wildman–Crippen LogP) is 2.95. The van der Waals surface area contributed by atoms with Crippen LogP contribution in [0.15, 0.2) is 30.4 Å². The molecule has 0 aliphatic heterocycles. The van der Waals surface area contributed by atoms with Crippen LogP contribution in [0.3, 0.4) is 0 Å². The van der Waals surface area contributed by atoms with E-state index in [-0.39, 0.29) is 11.8 Å². The first-order chi connectivity index (χ1) is 10.1. The second kappa shape index (κ2) is 6.92. The van der Waals surface area contributed by atoms with Gasteiger partial charge in [-0.2, -0.15) is 0 Å². The Morgan fingerprint density at radius 2 is 2.14 bits per heavy atom. The van der Waals surface area contributed by atoms with E-state index in [1.165, 1.54) is 6.92 Å². The van der Waals surface area contributed by atoms with Crippen molar-refractivity contribution in [1.82, 2.24) is 0 Å². The molecule has 0 fully saturated rings. The van der Waals surface area contributed by atoms with Gasteiger partial charge in [0.2, 0.25) is 11.8 Å². The Morgan fingerprint density at radius 1 is 1.33 bits per heavy atom. The van der Waals surface area contributed by atoms with Crippen LogP contribution in [0.4, 0.5) is 11.4 Å². The molecule has 1 aliphatic rings. The molecule has 1 aliphatic carbocycles. The minimum atomic E-state index is -0.159. The second-order valence-electron chi connectivity index (χ2n) is 5.11. The molecule has 21 heavy (non-hydrogen) atoms. The number of rotatable bonds is 5. The fourth-order valence-electron chi connectivity index (χ4n) is 2.39. The average molecular weight is 288 g/mol. The monoisotopic (exact) mass is 288 g/mol.